The van der Waals surface area contributed by atoms with E-state index in [0.29, 0.717) is 28.3 Å². The summed E-state index contributed by atoms with van der Waals surface area (Å²) in [6.45, 7) is 2.20. The highest BCUT2D eigenvalue weighted by molar-refractivity contribution is 7.12. The monoisotopic (exact) mass is 627 g/mol. The smallest absolute Gasteiger partial charge is 0.274 e. The van der Waals surface area contributed by atoms with Crippen molar-refractivity contribution in [2.45, 2.75) is 44.3 Å². The van der Waals surface area contributed by atoms with Crippen molar-refractivity contribution in [3.63, 3.8) is 0 Å². The molecule has 6 rings (SSSR count). The molecule has 1 saturated heterocycles. The summed E-state index contributed by atoms with van der Waals surface area (Å²) in [4.78, 5) is 56.9. The Bertz CT molecular complexity index is 1700. The zero-order valence-electron chi connectivity index (χ0n) is 23.9. The molecular formula is C34H30ClN3O5S. The number of halogens is 1. The summed E-state index contributed by atoms with van der Waals surface area (Å²) < 4.78 is 0. The van der Waals surface area contributed by atoms with Crippen molar-refractivity contribution in [1.29, 1.82) is 0 Å². The van der Waals surface area contributed by atoms with E-state index in [2.05, 4.69) is 5.32 Å². The predicted molar refractivity (Wildman–Crippen MR) is 169 cm³/mol. The third-order valence-corrected chi connectivity index (χ3v) is 9.61. The Morgan fingerprint density at radius 3 is 2.32 bits per heavy atom. The predicted octanol–water partition coefficient (Wildman–Crippen LogP) is 6.88. The van der Waals surface area contributed by atoms with Crippen LogP contribution in [-0.2, 0) is 16.1 Å². The number of para-hydroxylation sites is 1. The molecule has 1 aliphatic heterocycles. The number of likely N-dealkylation sites (tertiary alicyclic amines) is 1. The van der Waals surface area contributed by atoms with Crippen molar-refractivity contribution in [3.8, 4) is 0 Å². The number of carbonyl (C=O) groups is 3. The van der Waals surface area contributed by atoms with Crippen LogP contribution in [0.5, 0.6) is 0 Å². The van der Waals surface area contributed by atoms with Crippen molar-refractivity contribution in [3.05, 3.63) is 133 Å². The van der Waals surface area contributed by atoms with Gasteiger partial charge >= 0.3 is 0 Å². The molecule has 1 N–H and O–H groups in total. The number of nitro groups is 1. The highest BCUT2D eigenvalue weighted by Crippen LogP contribution is 2.54. The summed E-state index contributed by atoms with van der Waals surface area (Å²) in [5.41, 5.74) is 2.64. The Balaban J connectivity index is 1.54. The normalized spacial score (nSPS) is 21.2. The molecule has 0 bridgehead atoms. The third kappa shape index (κ3) is 5.77. The van der Waals surface area contributed by atoms with Crippen LogP contribution in [0, 0.1) is 28.9 Å². The Labute approximate surface area is 263 Å². The molecule has 3 aromatic carbocycles. The van der Waals surface area contributed by atoms with Gasteiger partial charge in [-0.25, -0.2) is 0 Å². The van der Waals surface area contributed by atoms with Gasteiger partial charge in [0.1, 0.15) is 6.04 Å². The second-order valence-electron chi connectivity index (χ2n) is 11.4. The molecule has 44 heavy (non-hydrogen) atoms. The van der Waals surface area contributed by atoms with Crippen molar-refractivity contribution < 1.29 is 19.3 Å². The van der Waals surface area contributed by atoms with E-state index < -0.39 is 34.7 Å². The van der Waals surface area contributed by atoms with E-state index in [1.807, 2.05) is 31.2 Å². The van der Waals surface area contributed by atoms with Gasteiger partial charge in [-0.05, 0) is 54.5 Å². The first-order valence-corrected chi connectivity index (χ1v) is 15.7. The lowest BCUT2D eigenvalue weighted by molar-refractivity contribution is -0.386. The number of hydrogen-bond donors (Lipinski definition) is 1. The standard InChI is InChI=1S/C34H30ClN3O5S/c1-20-8-10-21(11-9-20)19-36-33(40)31-28(22-14-16-24(35)17-15-22)29(32(39)27-7-4-18-44-27)30(37(31)34(41)23-12-13-23)25-5-2-3-6-26(25)38(42)43/h2-11,14-18,23,28-31H,12-13,19H2,1H3,(H,36,40). The molecule has 2 heterocycles. The minimum Gasteiger partial charge on any atom is -0.350 e. The van der Waals surface area contributed by atoms with Crippen LogP contribution < -0.4 is 5.32 Å². The van der Waals surface area contributed by atoms with Gasteiger partial charge in [-0.2, -0.15) is 0 Å². The topological polar surface area (TPSA) is 110 Å². The maximum Gasteiger partial charge on any atom is 0.274 e. The average molecular weight is 628 g/mol. The summed E-state index contributed by atoms with van der Waals surface area (Å²) in [5.74, 6) is -3.06. The minimum absolute atomic E-state index is 0.203. The van der Waals surface area contributed by atoms with E-state index in [1.54, 1.807) is 60.0 Å². The molecule has 4 aromatic rings. The second kappa shape index (κ2) is 12.3. The van der Waals surface area contributed by atoms with Crippen LogP contribution in [0.4, 0.5) is 5.69 Å². The van der Waals surface area contributed by atoms with E-state index in [4.69, 9.17) is 11.6 Å². The van der Waals surface area contributed by atoms with E-state index in [-0.39, 0.29) is 35.4 Å². The third-order valence-electron chi connectivity index (χ3n) is 8.48. The summed E-state index contributed by atoms with van der Waals surface area (Å²) in [5, 5.41) is 17.6. The van der Waals surface area contributed by atoms with Crippen molar-refractivity contribution in [1.82, 2.24) is 10.2 Å². The fourth-order valence-corrected chi connectivity index (χ4v) is 7.07. The zero-order chi connectivity index (χ0) is 31.0. The van der Waals surface area contributed by atoms with Crippen LogP contribution in [0.15, 0.2) is 90.3 Å². The van der Waals surface area contributed by atoms with E-state index in [0.717, 1.165) is 11.1 Å². The Morgan fingerprint density at radius 1 is 0.977 bits per heavy atom. The fraction of sp³-hybridized carbons (Fsp3) is 0.265. The summed E-state index contributed by atoms with van der Waals surface area (Å²) >= 11 is 7.51. The summed E-state index contributed by atoms with van der Waals surface area (Å²) in [7, 11) is 0. The SMILES string of the molecule is Cc1ccc(CNC(=O)C2C(c3ccc(Cl)cc3)C(C(=O)c3cccs3)C(c3ccccc3[N+](=O)[O-])N2C(=O)C2CC2)cc1. The number of hydrogen-bond acceptors (Lipinski definition) is 6. The molecule has 1 saturated carbocycles. The molecule has 4 unspecified atom stereocenters. The van der Waals surface area contributed by atoms with Gasteiger partial charge in [-0.15, -0.1) is 11.3 Å². The first-order valence-electron chi connectivity index (χ1n) is 14.5. The zero-order valence-corrected chi connectivity index (χ0v) is 25.5. The molecule has 8 nitrogen and oxygen atoms in total. The van der Waals surface area contributed by atoms with E-state index in [1.165, 1.54) is 22.3 Å². The van der Waals surface area contributed by atoms with Gasteiger partial charge in [0.05, 0.1) is 27.3 Å². The number of aryl methyl sites for hydroxylation is 1. The van der Waals surface area contributed by atoms with Crippen LogP contribution >= 0.6 is 22.9 Å². The van der Waals surface area contributed by atoms with Crippen LogP contribution in [-0.4, -0.2) is 33.5 Å². The number of Topliss-reactive ketones (excluding diaryl/α,β-unsaturated/α-hetero) is 1. The van der Waals surface area contributed by atoms with Gasteiger partial charge in [0.15, 0.2) is 5.78 Å². The Kier molecular flexibility index (Phi) is 8.33. The van der Waals surface area contributed by atoms with Crippen LogP contribution in [0.3, 0.4) is 0 Å². The van der Waals surface area contributed by atoms with Crippen LogP contribution in [0.1, 0.15) is 56.7 Å². The number of rotatable bonds is 9. The fourth-order valence-electron chi connectivity index (χ4n) is 6.23. The molecule has 224 valence electrons. The van der Waals surface area contributed by atoms with Crippen LogP contribution in [0.25, 0.3) is 0 Å². The summed E-state index contributed by atoms with van der Waals surface area (Å²) in [6, 6.07) is 22.2. The summed E-state index contributed by atoms with van der Waals surface area (Å²) in [6.07, 6.45) is 1.32. The minimum atomic E-state index is -1.10. The van der Waals surface area contributed by atoms with Crippen molar-refractivity contribution in [2.75, 3.05) is 0 Å². The Hall–Kier alpha value is -4.34. The molecule has 2 aliphatic rings. The highest BCUT2D eigenvalue weighted by atomic mass is 35.5. The number of benzene rings is 3. The number of nitrogens with zero attached hydrogens (tertiary/aromatic N) is 2. The van der Waals surface area contributed by atoms with Gasteiger partial charge in [0.25, 0.3) is 5.69 Å². The Morgan fingerprint density at radius 2 is 1.68 bits per heavy atom. The maximum absolute atomic E-state index is 14.5. The molecule has 0 spiro atoms. The van der Waals surface area contributed by atoms with E-state index >= 15 is 0 Å². The number of nitro benzene ring substituents is 1. The molecule has 2 amide bonds. The number of nitrogens with one attached hydrogen (secondary N) is 1. The molecule has 1 aliphatic carbocycles. The van der Waals surface area contributed by atoms with Gasteiger partial charge in [-0.3, -0.25) is 24.5 Å². The van der Waals surface area contributed by atoms with Crippen molar-refractivity contribution in [2.24, 2.45) is 11.8 Å². The van der Waals surface area contributed by atoms with Gasteiger partial charge in [-0.1, -0.05) is 77.8 Å². The molecule has 4 atom stereocenters. The lowest BCUT2D eigenvalue weighted by atomic mass is 9.77. The number of carbonyl (C=O) groups excluding carboxylic acids is 3. The van der Waals surface area contributed by atoms with E-state index in [9.17, 15) is 24.5 Å². The van der Waals surface area contributed by atoms with Gasteiger partial charge in [0.2, 0.25) is 11.8 Å². The number of ketones is 1. The highest BCUT2D eigenvalue weighted by Gasteiger charge is 2.59. The number of amides is 2. The average Bonchev–Trinajstić information content (AvgIpc) is 3.61. The lowest BCUT2D eigenvalue weighted by Crippen LogP contribution is -2.49. The second-order valence-corrected chi connectivity index (χ2v) is 12.8. The molecule has 1 aromatic heterocycles. The van der Waals surface area contributed by atoms with Gasteiger partial charge < -0.3 is 10.2 Å². The lowest BCUT2D eigenvalue weighted by Gasteiger charge is -2.31. The first-order chi connectivity index (χ1) is 21.2. The van der Waals surface area contributed by atoms with Gasteiger partial charge in [0, 0.05) is 29.5 Å². The maximum atomic E-state index is 14.5. The number of thiophene rings is 1. The molecule has 2 fully saturated rings. The largest absolute Gasteiger partial charge is 0.350 e. The quantitative estimate of drug-likeness (QED) is 0.124. The van der Waals surface area contributed by atoms with Crippen LogP contribution in [0.2, 0.25) is 5.02 Å². The molecular weight excluding hydrogens is 598 g/mol. The van der Waals surface area contributed by atoms with Crippen molar-refractivity contribution >= 4 is 46.2 Å². The molecule has 10 heteroatoms. The molecule has 0 radical (unpaired) electrons. The first kappa shape index (κ1) is 29.7.